The Morgan fingerprint density at radius 2 is 2.12 bits per heavy atom. The molecule has 0 bridgehead atoms. The number of likely N-dealkylation sites (tertiary alicyclic amines) is 1. The summed E-state index contributed by atoms with van der Waals surface area (Å²) in [6, 6.07) is 0. The summed E-state index contributed by atoms with van der Waals surface area (Å²) in [6.07, 6.45) is 3.24. The molecule has 1 aliphatic rings. The fraction of sp³-hybridized carbons (Fsp3) is 0.846. The molecule has 98 valence electrons. The van der Waals surface area contributed by atoms with Crippen LogP contribution in [0.5, 0.6) is 0 Å². The van der Waals surface area contributed by atoms with Gasteiger partial charge in [0, 0.05) is 13.0 Å². The first kappa shape index (κ1) is 14.0. The van der Waals surface area contributed by atoms with Crippen molar-refractivity contribution in [1.82, 2.24) is 4.90 Å². The Morgan fingerprint density at radius 1 is 1.47 bits per heavy atom. The third-order valence-corrected chi connectivity index (χ3v) is 2.78. The Balaban J connectivity index is 2.50. The van der Waals surface area contributed by atoms with Crippen LogP contribution in [0, 0.1) is 5.92 Å². The van der Waals surface area contributed by atoms with Crippen LogP contribution in [0.4, 0.5) is 4.79 Å². The van der Waals surface area contributed by atoms with Gasteiger partial charge in [-0.2, -0.15) is 0 Å². The van der Waals surface area contributed by atoms with E-state index in [0.29, 0.717) is 18.9 Å². The lowest BCUT2D eigenvalue weighted by Crippen LogP contribution is -2.37. The molecule has 1 heterocycles. The van der Waals surface area contributed by atoms with Gasteiger partial charge in [-0.3, -0.25) is 4.79 Å². The Hall–Kier alpha value is -1.06. The maximum absolute atomic E-state index is 11.8. The third kappa shape index (κ3) is 4.36. The van der Waals surface area contributed by atoms with E-state index in [-0.39, 0.29) is 5.91 Å². The second-order valence-corrected chi connectivity index (χ2v) is 5.70. The van der Waals surface area contributed by atoms with Crippen molar-refractivity contribution in [3.05, 3.63) is 0 Å². The van der Waals surface area contributed by atoms with Crippen molar-refractivity contribution < 1.29 is 14.3 Å². The second kappa shape index (κ2) is 5.52. The largest absolute Gasteiger partial charge is 0.443 e. The molecule has 0 radical (unpaired) electrons. The number of amides is 2. The smallest absolute Gasteiger partial charge is 0.417 e. The molecule has 1 rings (SSSR count). The molecule has 4 nitrogen and oxygen atoms in total. The van der Waals surface area contributed by atoms with Gasteiger partial charge in [0.25, 0.3) is 0 Å². The van der Waals surface area contributed by atoms with Gasteiger partial charge in [-0.25, -0.2) is 9.69 Å². The number of rotatable bonds is 3. The van der Waals surface area contributed by atoms with Crippen molar-refractivity contribution in [2.75, 3.05) is 6.54 Å². The number of carbonyl (C=O) groups excluding carboxylic acids is 2. The molecule has 0 aliphatic carbocycles. The van der Waals surface area contributed by atoms with Crippen molar-refractivity contribution in [2.45, 2.75) is 59.0 Å². The molecular formula is C13H23NO3. The Morgan fingerprint density at radius 3 is 2.65 bits per heavy atom. The highest BCUT2D eigenvalue weighted by molar-refractivity contribution is 5.93. The summed E-state index contributed by atoms with van der Waals surface area (Å²) in [5, 5.41) is 0. The predicted molar refractivity (Wildman–Crippen MR) is 65.6 cm³/mol. The summed E-state index contributed by atoms with van der Waals surface area (Å²) in [5.41, 5.74) is -0.543. The molecule has 0 saturated carbocycles. The Labute approximate surface area is 103 Å². The molecule has 1 atom stereocenters. The molecule has 0 spiro atoms. The van der Waals surface area contributed by atoms with Gasteiger partial charge in [0.15, 0.2) is 0 Å². The molecule has 17 heavy (non-hydrogen) atoms. The number of unbranched alkanes of at least 4 members (excludes halogenated alkanes) is 1. The van der Waals surface area contributed by atoms with Gasteiger partial charge in [0.2, 0.25) is 5.91 Å². The maximum Gasteiger partial charge on any atom is 0.417 e. The molecule has 0 aromatic rings. The average molecular weight is 241 g/mol. The molecule has 0 aromatic carbocycles. The Kier molecular flexibility index (Phi) is 4.54. The van der Waals surface area contributed by atoms with Gasteiger partial charge in [0.1, 0.15) is 5.60 Å². The maximum atomic E-state index is 11.8. The minimum absolute atomic E-state index is 0.0969. The van der Waals surface area contributed by atoms with E-state index < -0.39 is 11.7 Å². The summed E-state index contributed by atoms with van der Waals surface area (Å²) in [6.45, 7) is 8.07. The van der Waals surface area contributed by atoms with Crippen LogP contribution < -0.4 is 0 Å². The van der Waals surface area contributed by atoms with E-state index in [0.717, 1.165) is 19.3 Å². The molecule has 2 amide bonds. The number of hydrogen-bond donors (Lipinski definition) is 0. The zero-order valence-electron chi connectivity index (χ0n) is 11.3. The molecule has 1 fully saturated rings. The summed E-state index contributed by atoms with van der Waals surface area (Å²) in [4.78, 5) is 24.7. The van der Waals surface area contributed by atoms with E-state index in [1.807, 2.05) is 0 Å². The highest BCUT2D eigenvalue weighted by Crippen LogP contribution is 2.24. The lowest BCUT2D eigenvalue weighted by Gasteiger charge is -2.23. The second-order valence-electron chi connectivity index (χ2n) is 5.70. The number of imide groups is 1. The molecule has 1 saturated heterocycles. The van der Waals surface area contributed by atoms with Gasteiger partial charge in [-0.1, -0.05) is 19.8 Å². The quantitative estimate of drug-likeness (QED) is 0.763. The Bertz CT molecular complexity index is 294. The summed E-state index contributed by atoms with van der Waals surface area (Å²) >= 11 is 0. The molecule has 0 unspecified atom stereocenters. The van der Waals surface area contributed by atoms with Crippen LogP contribution in [0.25, 0.3) is 0 Å². The van der Waals surface area contributed by atoms with Crippen molar-refractivity contribution in [1.29, 1.82) is 0 Å². The zero-order valence-corrected chi connectivity index (χ0v) is 11.3. The molecule has 0 aromatic heterocycles. The van der Waals surface area contributed by atoms with Crippen LogP contribution in [0.2, 0.25) is 0 Å². The van der Waals surface area contributed by atoms with Crippen LogP contribution >= 0.6 is 0 Å². The van der Waals surface area contributed by atoms with Gasteiger partial charge >= 0.3 is 6.09 Å². The number of carbonyl (C=O) groups is 2. The summed E-state index contributed by atoms with van der Waals surface area (Å²) in [7, 11) is 0. The monoisotopic (exact) mass is 241 g/mol. The van der Waals surface area contributed by atoms with E-state index in [9.17, 15) is 9.59 Å². The molecule has 4 heteroatoms. The first-order valence-corrected chi connectivity index (χ1v) is 6.37. The van der Waals surface area contributed by atoms with E-state index in [4.69, 9.17) is 4.74 Å². The standard InChI is InChI=1S/C13H23NO3/c1-5-6-7-10-8-11(15)14(9-10)12(16)17-13(2,3)4/h10H,5-9H2,1-4H3/t10-/m0/s1. The van der Waals surface area contributed by atoms with E-state index >= 15 is 0 Å². The number of nitrogens with zero attached hydrogens (tertiary/aromatic N) is 1. The summed E-state index contributed by atoms with van der Waals surface area (Å²) in [5.74, 6) is 0.218. The number of hydrogen-bond acceptors (Lipinski definition) is 3. The lowest BCUT2D eigenvalue weighted by molar-refractivity contribution is -0.127. The average Bonchev–Trinajstić information content (AvgIpc) is 2.54. The van der Waals surface area contributed by atoms with Crippen LogP contribution in [0.15, 0.2) is 0 Å². The summed E-state index contributed by atoms with van der Waals surface area (Å²) < 4.78 is 5.21. The predicted octanol–water partition coefficient (Wildman–Crippen LogP) is 2.96. The van der Waals surface area contributed by atoms with Crippen molar-refractivity contribution in [2.24, 2.45) is 5.92 Å². The van der Waals surface area contributed by atoms with Gasteiger partial charge in [0.05, 0.1) is 0 Å². The minimum atomic E-state index is -0.543. The van der Waals surface area contributed by atoms with E-state index in [1.165, 1.54) is 4.90 Å². The molecule has 1 aliphatic heterocycles. The first-order valence-electron chi connectivity index (χ1n) is 6.37. The van der Waals surface area contributed by atoms with Crippen LogP contribution in [0.1, 0.15) is 53.4 Å². The van der Waals surface area contributed by atoms with Gasteiger partial charge < -0.3 is 4.74 Å². The SMILES string of the molecule is CCCC[C@H]1CC(=O)N(C(=O)OC(C)(C)C)C1. The first-order chi connectivity index (χ1) is 7.83. The topological polar surface area (TPSA) is 46.6 Å². The van der Waals surface area contributed by atoms with E-state index in [1.54, 1.807) is 20.8 Å². The molecular weight excluding hydrogens is 218 g/mol. The van der Waals surface area contributed by atoms with Crippen LogP contribution in [-0.4, -0.2) is 29.0 Å². The fourth-order valence-electron chi connectivity index (χ4n) is 1.96. The van der Waals surface area contributed by atoms with Crippen molar-refractivity contribution >= 4 is 12.0 Å². The highest BCUT2D eigenvalue weighted by atomic mass is 16.6. The zero-order chi connectivity index (χ0) is 13.1. The van der Waals surface area contributed by atoms with Crippen molar-refractivity contribution in [3.63, 3.8) is 0 Å². The number of ether oxygens (including phenoxy) is 1. The van der Waals surface area contributed by atoms with Crippen LogP contribution in [0.3, 0.4) is 0 Å². The fourth-order valence-corrected chi connectivity index (χ4v) is 1.96. The third-order valence-electron chi connectivity index (χ3n) is 2.78. The highest BCUT2D eigenvalue weighted by Gasteiger charge is 2.35. The molecule has 0 N–H and O–H groups in total. The normalized spacial score (nSPS) is 20.8. The van der Waals surface area contributed by atoms with Crippen LogP contribution in [-0.2, 0) is 9.53 Å². The minimum Gasteiger partial charge on any atom is -0.443 e. The van der Waals surface area contributed by atoms with Gasteiger partial charge in [-0.05, 0) is 33.1 Å². The van der Waals surface area contributed by atoms with Gasteiger partial charge in [-0.15, -0.1) is 0 Å². The lowest BCUT2D eigenvalue weighted by atomic mass is 10.0. The van der Waals surface area contributed by atoms with Crippen molar-refractivity contribution in [3.8, 4) is 0 Å². The van der Waals surface area contributed by atoms with E-state index in [2.05, 4.69) is 6.92 Å².